The first kappa shape index (κ1) is 26.0. The Morgan fingerprint density at radius 2 is 1.79 bits per heavy atom. The number of nitrogens with two attached hydrogens (primary N) is 1. The summed E-state index contributed by atoms with van der Waals surface area (Å²) in [5, 5.41) is 3.54. The molecule has 0 radical (unpaired) electrons. The highest BCUT2D eigenvalue weighted by Gasteiger charge is 2.34. The molecular formula is C29H33F2N5O2. The monoisotopic (exact) mass is 521 g/mol. The van der Waals surface area contributed by atoms with Crippen LogP contribution in [-0.2, 0) is 9.59 Å². The number of aromatic amines is 1. The van der Waals surface area contributed by atoms with Crippen molar-refractivity contribution in [3.05, 3.63) is 71.6 Å². The average Bonchev–Trinajstić information content (AvgIpc) is 3.34. The predicted octanol–water partition coefficient (Wildman–Crippen LogP) is 4.26. The number of nitrogens with zero attached hydrogens (tertiary/aromatic N) is 2. The van der Waals surface area contributed by atoms with Crippen LogP contribution in [0.3, 0.4) is 0 Å². The maximum absolute atomic E-state index is 13.4. The Balaban J connectivity index is 1.12. The Morgan fingerprint density at radius 3 is 2.47 bits per heavy atom. The Bertz CT molecular complexity index is 1300. The predicted molar refractivity (Wildman–Crippen MR) is 142 cm³/mol. The van der Waals surface area contributed by atoms with Crippen molar-refractivity contribution >= 4 is 28.9 Å². The van der Waals surface area contributed by atoms with E-state index in [0.29, 0.717) is 37.4 Å². The lowest BCUT2D eigenvalue weighted by Crippen LogP contribution is -2.54. The molecule has 2 fully saturated rings. The molecule has 4 N–H and O–H groups in total. The Hall–Kier alpha value is -3.59. The molecule has 3 heterocycles. The molecule has 0 bridgehead atoms. The molecule has 1 atom stereocenters. The van der Waals surface area contributed by atoms with Gasteiger partial charge in [0.2, 0.25) is 11.8 Å². The first-order valence-corrected chi connectivity index (χ1v) is 13.3. The molecule has 1 aliphatic heterocycles. The number of fused-ring (bicyclic) bond motifs is 1. The Kier molecular flexibility index (Phi) is 7.83. The second-order valence-corrected chi connectivity index (χ2v) is 10.4. The third-order valence-corrected chi connectivity index (χ3v) is 7.98. The number of benzene rings is 1. The van der Waals surface area contributed by atoms with E-state index in [1.165, 1.54) is 29.8 Å². The molecule has 9 heteroatoms. The molecule has 3 aromatic rings. The van der Waals surface area contributed by atoms with E-state index < -0.39 is 17.7 Å². The first-order valence-electron chi connectivity index (χ1n) is 13.3. The molecule has 38 heavy (non-hydrogen) atoms. The van der Waals surface area contributed by atoms with Crippen LogP contribution in [0.5, 0.6) is 0 Å². The van der Waals surface area contributed by atoms with Gasteiger partial charge < -0.3 is 20.9 Å². The molecule has 7 nitrogen and oxygen atoms in total. The molecular weight excluding hydrogens is 488 g/mol. The van der Waals surface area contributed by atoms with Gasteiger partial charge in [0.25, 0.3) is 0 Å². The minimum atomic E-state index is -0.689. The molecule has 2 aliphatic rings. The van der Waals surface area contributed by atoms with Gasteiger partial charge in [-0.1, -0.05) is 0 Å². The van der Waals surface area contributed by atoms with Crippen LogP contribution >= 0.6 is 0 Å². The van der Waals surface area contributed by atoms with Gasteiger partial charge in [0.15, 0.2) is 0 Å². The molecule has 0 spiro atoms. The highest BCUT2D eigenvalue weighted by molar-refractivity contribution is 5.92. The molecule has 1 saturated carbocycles. The van der Waals surface area contributed by atoms with Crippen LogP contribution in [0.1, 0.15) is 55.6 Å². The quantitative estimate of drug-likeness (QED) is 0.404. The van der Waals surface area contributed by atoms with E-state index in [1.54, 1.807) is 4.90 Å². The largest absolute Gasteiger partial charge is 0.368 e. The van der Waals surface area contributed by atoms with E-state index in [9.17, 15) is 18.4 Å². The number of H-pyrrole nitrogens is 1. The lowest BCUT2D eigenvalue weighted by molar-refractivity contribution is -0.128. The van der Waals surface area contributed by atoms with Crippen molar-refractivity contribution in [3.63, 3.8) is 0 Å². The van der Waals surface area contributed by atoms with Crippen LogP contribution in [0, 0.1) is 17.6 Å². The summed E-state index contributed by atoms with van der Waals surface area (Å²) in [6.45, 7) is 0.994. The second-order valence-electron chi connectivity index (χ2n) is 10.4. The molecule has 5 rings (SSSR count). The van der Waals surface area contributed by atoms with Gasteiger partial charge in [0.05, 0.1) is 17.1 Å². The number of hydrogen-bond acceptors (Lipinski definition) is 4. The van der Waals surface area contributed by atoms with Gasteiger partial charge in [-0.05, 0) is 91.8 Å². The SMILES string of the molecule is NC(=O)[C@H](N[C@H]1CC[C@H](c2c[nH]c3cccnc32)CC1)C1CCN(C(=O)/C=C/c2cc(F)cc(F)c2)CC1. The van der Waals surface area contributed by atoms with E-state index in [-0.39, 0.29) is 23.8 Å². The zero-order chi connectivity index (χ0) is 26.6. The van der Waals surface area contributed by atoms with Crippen molar-refractivity contribution in [2.24, 2.45) is 11.7 Å². The van der Waals surface area contributed by atoms with E-state index in [2.05, 4.69) is 21.5 Å². The number of carbonyl (C=O) groups is 2. The van der Waals surface area contributed by atoms with Crippen molar-refractivity contribution in [2.45, 2.75) is 56.5 Å². The summed E-state index contributed by atoms with van der Waals surface area (Å²) in [6.07, 6.45) is 11.9. The Labute approximate surface area is 220 Å². The van der Waals surface area contributed by atoms with E-state index in [0.717, 1.165) is 42.8 Å². The summed E-state index contributed by atoms with van der Waals surface area (Å²) >= 11 is 0. The topological polar surface area (TPSA) is 104 Å². The second kappa shape index (κ2) is 11.4. The van der Waals surface area contributed by atoms with Crippen LogP contribution in [0.15, 0.2) is 48.8 Å². The number of pyridine rings is 1. The number of nitrogens with one attached hydrogen (secondary N) is 2. The number of aromatic nitrogens is 2. The molecule has 2 aromatic heterocycles. The van der Waals surface area contributed by atoms with Gasteiger partial charge in [0.1, 0.15) is 11.6 Å². The van der Waals surface area contributed by atoms with Crippen LogP contribution in [0.4, 0.5) is 8.78 Å². The highest BCUT2D eigenvalue weighted by atomic mass is 19.1. The lowest BCUT2D eigenvalue weighted by atomic mass is 9.81. The molecule has 0 unspecified atom stereocenters. The fourth-order valence-corrected chi connectivity index (χ4v) is 5.96. The van der Waals surface area contributed by atoms with Crippen LogP contribution in [0.2, 0.25) is 0 Å². The first-order chi connectivity index (χ1) is 18.4. The van der Waals surface area contributed by atoms with Gasteiger partial charge in [-0.3, -0.25) is 14.6 Å². The molecule has 1 aromatic carbocycles. The fourth-order valence-electron chi connectivity index (χ4n) is 5.96. The van der Waals surface area contributed by atoms with Crippen LogP contribution in [-0.4, -0.2) is 51.9 Å². The maximum atomic E-state index is 13.4. The van der Waals surface area contributed by atoms with Gasteiger partial charge in [-0.2, -0.15) is 0 Å². The average molecular weight is 522 g/mol. The van der Waals surface area contributed by atoms with E-state index in [1.807, 2.05) is 18.3 Å². The summed E-state index contributed by atoms with van der Waals surface area (Å²) in [6, 6.07) is 6.89. The molecule has 1 saturated heterocycles. The van der Waals surface area contributed by atoms with Gasteiger partial charge in [-0.15, -0.1) is 0 Å². The van der Waals surface area contributed by atoms with Gasteiger partial charge in [-0.25, -0.2) is 8.78 Å². The maximum Gasteiger partial charge on any atom is 0.246 e. The summed E-state index contributed by atoms with van der Waals surface area (Å²) in [5.41, 5.74) is 9.47. The number of halogens is 2. The number of likely N-dealkylation sites (tertiary alicyclic amines) is 1. The summed E-state index contributed by atoms with van der Waals surface area (Å²) in [5.74, 6) is -1.46. The van der Waals surface area contributed by atoms with Gasteiger partial charge in [0, 0.05) is 43.7 Å². The van der Waals surface area contributed by atoms with Crippen molar-refractivity contribution in [3.8, 4) is 0 Å². The number of piperidine rings is 1. The molecule has 2 amide bonds. The number of hydrogen-bond donors (Lipinski definition) is 3. The van der Waals surface area contributed by atoms with Crippen LogP contribution < -0.4 is 11.1 Å². The number of amides is 2. The smallest absolute Gasteiger partial charge is 0.246 e. The third-order valence-electron chi connectivity index (χ3n) is 7.98. The van der Waals surface area contributed by atoms with Crippen molar-refractivity contribution < 1.29 is 18.4 Å². The minimum Gasteiger partial charge on any atom is -0.368 e. The lowest BCUT2D eigenvalue weighted by Gasteiger charge is -2.38. The van der Waals surface area contributed by atoms with Crippen molar-refractivity contribution in [2.75, 3.05) is 13.1 Å². The number of rotatable bonds is 7. The summed E-state index contributed by atoms with van der Waals surface area (Å²) in [7, 11) is 0. The van der Waals surface area contributed by atoms with Crippen molar-refractivity contribution in [1.82, 2.24) is 20.2 Å². The normalized spacial score (nSPS) is 21.7. The number of primary amides is 1. The minimum absolute atomic E-state index is 0.0494. The van der Waals surface area contributed by atoms with Crippen molar-refractivity contribution in [1.29, 1.82) is 0 Å². The standard InChI is InChI=1S/C29H33F2N5O2/c30-21-14-18(15-22(31)16-21)3-8-26(37)36-12-9-20(10-13-36)27(29(32)38)35-23-6-4-19(5-7-23)24-17-34-25-2-1-11-33-28(24)25/h1-3,8,11,14-17,19-20,23,27,34-35H,4-7,9-10,12-13H2,(H2,32,38)/b8-3+/t19-,23-,27-/m1/s1. The zero-order valence-corrected chi connectivity index (χ0v) is 21.2. The summed E-state index contributed by atoms with van der Waals surface area (Å²) in [4.78, 5) is 34.6. The van der Waals surface area contributed by atoms with E-state index >= 15 is 0 Å². The number of carbonyl (C=O) groups excluding carboxylic acids is 2. The highest BCUT2D eigenvalue weighted by Crippen LogP contribution is 2.36. The third kappa shape index (κ3) is 5.93. The molecule has 200 valence electrons. The molecule has 1 aliphatic carbocycles. The fraction of sp³-hybridized carbons (Fsp3) is 0.414. The van der Waals surface area contributed by atoms with E-state index in [4.69, 9.17) is 5.73 Å². The Morgan fingerprint density at radius 1 is 1.08 bits per heavy atom. The van der Waals surface area contributed by atoms with Crippen LogP contribution in [0.25, 0.3) is 17.1 Å². The summed E-state index contributed by atoms with van der Waals surface area (Å²) < 4.78 is 26.8. The zero-order valence-electron chi connectivity index (χ0n) is 21.2. The van der Waals surface area contributed by atoms with Gasteiger partial charge >= 0.3 is 0 Å².